The minimum atomic E-state index is -0.0579. The van der Waals surface area contributed by atoms with E-state index in [1.54, 1.807) is 0 Å². The summed E-state index contributed by atoms with van der Waals surface area (Å²) in [5, 5.41) is 9.38. The molecule has 13 heavy (non-hydrogen) atoms. The molecular formula is C10H16N2O. The van der Waals surface area contributed by atoms with Gasteiger partial charge in [-0.2, -0.15) is 0 Å². The molecule has 0 aliphatic heterocycles. The zero-order valence-electron chi connectivity index (χ0n) is 8.63. The van der Waals surface area contributed by atoms with Gasteiger partial charge in [0.2, 0.25) is 0 Å². The van der Waals surface area contributed by atoms with Crippen LogP contribution in [0.2, 0.25) is 0 Å². The molecule has 0 saturated heterocycles. The molecule has 1 heterocycles. The lowest BCUT2D eigenvalue weighted by atomic mass is 9.95. The van der Waals surface area contributed by atoms with Crippen molar-refractivity contribution >= 4 is 0 Å². The standard InChI is InChI=1S/C10H16N2O/c1-5-7-8(13)6-11-9(12-7)10(2,3)4/h6,13H,5H2,1-4H3. The second kappa shape index (κ2) is 3.32. The van der Waals surface area contributed by atoms with Crippen molar-refractivity contribution in [3.8, 4) is 5.75 Å². The van der Waals surface area contributed by atoms with E-state index >= 15 is 0 Å². The summed E-state index contributed by atoms with van der Waals surface area (Å²) in [6.45, 7) is 8.13. The summed E-state index contributed by atoms with van der Waals surface area (Å²) in [6.07, 6.45) is 2.21. The summed E-state index contributed by atoms with van der Waals surface area (Å²) in [5.74, 6) is 0.970. The van der Waals surface area contributed by atoms with Gasteiger partial charge in [-0.05, 0) is 6.42 Å². The van der Waals surface area contributed by atoms with Crippen LogP contribution in [0.25, 0.3) is 0 Å². The van der Waals surface area contributed by atoms with Crippen LogP contribution in [0.4, 0.5) is 0 Å². The Bertz CT molecular complexity index is 302. The van der Waals surface area contributed by atoms with Crippen LogP contribution in [0.15, 0.2) is 6.20 Å². The highest BCUT2D eigenvalue weighted by molar-refractivity contribution is 5.24. The van der Waals surface area contributed by atoms with Gasteiger partial charge in [-0.15, -0.1) is 0 Å². The molecule has 1 aromatic heterocycles. The van der Waals surface area contributed by atoms with Crippen LogP contribution in [0.5, 0.6) is 5.75 Å². The number of hydrogen-bond acceptors (Lipinski definition) is 3. The maximum absolute atomic E-state index is 9.38. The third-order valence-electron chi connectivity index (χ3n) is 1.85. The largest absolute Gasteiger partial charge is 0.504 e. The van der Waals surface area contributed by atoms with Gasteiger partial charge in [-0.25, -0.2) is 9.97 Å². The molecule has 0 saturated carbocycles. The first-order valence-electron chi connectivity index (χ1n) is 4.50. The van der Waals surface area contributed by atoms with E-state index in [-0.39, 0.29) is 11.2 Å². The van der Waals surface area contributed by atoms with Gasteiger partial charge in [-0.1, -0.05) is 27.7 Å². The minimum Gasteiger partial charge on any atom is -0.504 e. The summed E-state index contributed by atoms with van der Waals surface area (Å²) in [6, 6.07) is 0. The predicted molar refractivity (Wildman–Crippen MR) is 51.8 cm³/mol. The van der Waals surface area contributed by atoms with E-state index in [0.29, 0.717) is 0 Å². The highest BCUT2D eigenvalue weighted by atomic mass is 16.3. The first-order chi connectivity index (χ1) is 5.95. The van der Waals surface area contributed by atoms with Gasteiger partial charge < -0.3 is 5.11 Å². The van der Waals surface area contributed by atoms with E-state index < -0.39 is 0 Å². The minimum absolute atomic E-state index is 0.0579. The smallest absolute Gasteiger partial charge is 0.155 e. The highest BCUT2D eigenvalue weighted by Gasteiger charge is 2.18. The fourth-order valence-corrected chi connectivity index (χ4v) is 1.03. The normalized spacial score (nSPS) is 11.7. The van der Waals surface area contributed by atoms with Gasteiger partial charge >= 0.3 is 0 Å². The zero-order chi connectivity index (χ0) is 10.1. The Kier molecular flexibility index (Phi) is 2.55. The number of aryl methyl sites for hydroxylation is 1. The van der Waals surface area contributed by atoms with Crippen LogP contribution >= 0.6 is 0 Å². The lowest BCUT2D eigenvalue weighted by Crippen LogP contribution is -2.16. The fourth-order valence-electron chi connectivity index (χ4n) is 1.03. The molecule has 1 rings (SSSR count). The van der Waals surface area contributed by atoms with Gasteiger partial charge in [-0.3, -0.25) is 0 Å². The number of aromatic nitrogens is 2. The summed E-state index contributed by atoms with van der Waals surface area (Å²) in [7, 11) is 0. The van der Waals surface area contributed by atoms with Crippen molar-refractivity contribution < 1.29 is 5.11 Å². The second-order valence-electron chi connectivity index (χ2n) is 4.13. The molecule has 0 fully saturated rings. The van der Waals surface area contributed by atoms with Crippen LogP contribution in [0.3, 0.4) is 0 Å². The summed E-state index contributed by atoms with van der Waals surface area (Å²) >= 11 is 0. The first kappa shape index (κ1) is 9.96. The molecule has 72 valence electrons. The lowest BCUT2D eigenvalue weighted by molar-refractivity contribution is 0.453. The molecule has 0 bridgehead atoms. The molecule has 1 N–H and O–H groups in total. The van der Waals surface area contributed by atoms with Gasteiger partial charge in [0.1, 0.15) is 5.82 Å². The Morgan fingerprint density at radius 1 is 1.38 bits per heavy atom. The van der Waals surface area contributed by atoms with Gasteiger partial charge in [0, 0.05) is 5.41 Å². The Labute approximate surface area is 78.9 Å². The number of nitrogens with zero attached hydrogens (tertiary/aromatic N) is 2. The van der Waals surface area contributed by atoms with Crippen molar-refractivity contribution in [2.24, 2.45) is 0 Å². The first-order valence-corrected chi connectivity index (χ1v) is 4.50. The molecule has 0 aromatic carbocycles. The van der Waals surface area contributed by atoms with E-state index in [1.807, 2.05) is 6.92 Å². The monoisotopic (exact) mass is 180 g/mol. The molecule has 0 spiro atoms. The maximum atomic E-state index is 9.38. The zero-order valence-corrected chi connectivity index (χ0v) is 8.63. The number of rotatable bonds is 1. The summed E-state index contributed by atoms with van der Waals surface area (Å²) in [4.78, 5) is 8.40. The van der Waals surface area contributed by atoms with Crippen LogP contribution in [0.1, 0.15) is 39.2 Å². The molecule has 0 radical (unpaired) electrons. The third kappa shape index (κ3) is 2.17. The molecule has 1 aromatic rings. The molecular weight excluding hydrogens is 164 g/mol. The maximum Gasteiger partial charge on any atom is 0.155 e. The lowest BCUT2D eigenvalue weighted by Gasteiger charge is -2.16. The quantitative estimate of drug-likeness (QED) is 0.719. The van der Waals surface area contributed by atoms with Crippen molar-refractivity contribution in [2.75, 3.05) is 0 Å². The molecule has 0 amide bonds. The Morgan fingerprint density at radius 3 is 2.46 bits per heavy atom. The second-order valence-corrected chi connectivity index (χ2v) is 4.13. The Hall–Kier alpha value is -1.12. The molecule has 0 unspecified atom stereocenters. The SMILES string of the molecule is CCc1nc(C(C)(C)C)ncc1O. The molecule has 0 aliphatic rings. The predicted octanol–water partition coefficient (Wildman–Crippen LogP) is 2.04. The number of hydrogen-bond donors (Lipinski definition) is 1. The average Bonchev–Trinajstić information content (AvgIpc) is 2.03. The van der Waals surface area contributed by atoms with Gasteiger partial charge in [0.25, 0.3) is 0 Å². The van der Waals surface area contributed by atoms with E-state index in [4.69, 9.17) is 0 Å². The van der Waals surface area contributed by atoms with Gasteiger partial charge in [0.15, 0.2) is 5.75 Å². The topological polar surface area (TPSA) is 46.0 Å². The highest BCUT2D eigenvalue weighted by Crippen LogP contribution is 2.21. The van der Waals surface area contributed by atoms with E-state index in [1.165, 1.54) is 6.20 Å². The molecule has 3 nitrogen and oxygen atoms in total. The Balaban J connectivity index is 3.14. The summed E-state index contributed by atoms with van der Waals surface area (Å²) < 4.78 is 0. The van der Waals surface area contributed by atoms with Crippen LogP contribution in [-0.2, 0) is 11.8 Å². The van der Waals surface area contributed by atoms with Crippen LogP contribution in [0, 0.1) is 0 Å². The van der Waals surface area contributed by atoms with Crippen molar-refractivity contribution in [3.63, 3.8) is 0 Å². The Morgan fingerprint density at radius 2 is 2.00 bits per heavy atom. The van der Waals surface area contributed by atoms with Gasteiger partial charge in [0.05, 0.1) is 11.9 Å². The van der Waals surface area contributed by atoms with Crippen LogP contribution < -0.4 is 0 Å². The molecule has 3 heteroatoms. The van der Waals surface area contributed by atoms with Crippen LogP contribution in [-0.4, -0.2) is 15.1 Å². The van der Waals surface area contributed by atoms with Crippen molar-refractivity contribution in [3.05, 3.63) is 17.7 Å². The van der Waals surface area contributed by atoms with E-state index in [0.717, 1.165) is 17.9 Å². The summed E-state index contributed by atoms with van der Waals surface area (Å²) in [5.41, 5.74) is 0.664. The molecule has 0 aliphatic carbocycles. The van der Waals surface area contributed by atoms with Crippen molar-refractivity contribution in [2.45, 2.75) is 39.5 Å². The third-order valence-corrected chi connectivity index (χ3v) is 1.85. The van der Waals surface area contributed by atoms with E-state index in [2.05, 4.69) is 30.7 Å². The fraction of sp³-hybridized carbons (Fsp3) is 0.600. The number of aromatic hydroxyl groups is 1. The van der Waals surface area contributed by atoms with Crippen molar-refractivity contribution in [1.82, 2.24) is 9.97 Å². The molecule has 0 atom stereocenters. The average molecular weight is 180 g/mol. The van der Waals surface area contributed by atoms with Crippen molar-refractivity contribution in [1.29, 1.82) is 0 Å². The van der Waals surface area contributed by atoms with E-state index in [9.17, 15) is 5.11 Å².